The van der Waals surface area contributed by atoms with Crippen molar-refractivity contribution >= 4 is 88.9 Å². The SMILES string of the molecule is O=C(Nc1cnc2ccccc2c1)C(c1cccs1)N(C(=O)c1ccc2ncccc2c1)c1nc2ccc(Cl)cc2s1. The molecule has 7 aromatic rings. The topological polar surface area (TPSA) is 88.1 Å². The second kappa shape index (κ2) is 10.9. The molecular weight excluding hydrogens is 586 g/mol. The van der Waals surface area contributed by atoms with Crippen LogP contribution in [0, 0.1) is 0 Å². The Bertz CT molecular complexity index is 2110. The van der Waals surface area contributed by atoms with E-state index in [1.165, 1.54) is 27.6 Å². The van der Waals surface area contributed by atoms with Crippen molar-refractivity contribution in [3.05, 3.63) is 124 Å². The lowest BCUT2D eigenvalue weighted by molar-refractivity contribution is -0.117. The second-order valence-corrected chi connectivity index (χ2v) is 11.9. The Kier molecular flexibility index (Phi) is 6.83. The Hall–Kier alpha value is -4.70. The molecule has 0 aliphatic rings. The van der Waals surface area contributed by atoms with E-state index in [0.29, 0.717) is 31.8 Å². The van der Waals surface area contributed by atoms with Gasteiger partial charge in [0, 0.05) is 32.4 Å². The summed E-state index contributed by atoms with van der Waals surface area (Å²) >= 11 is 8.97. The number of amides is 2. The number of carbonyl (C=O) groups is 2. The van der Waals surface area contributed by atoms with Crippen LogP contribution >= 0.6 is 34.3 Å². The van der Waals surface area contributed by atoms with E-state index in [0.717, 1.165) is 26.5 Å². The number of rotatable bonds is 6. The highest BCUT2D eigenvalue weighted by Crippen LogP contribution is 2.38. The molecule has 2 amide bonds. The van der Waals surface area contributed by atoms with Crippen LogP contribution in [0.3, 0.4) is 0 Å². The maximum Gasteiger partial charge on any atom is 0.261 e. The number of aromatic nitrogens is 3. The smallest absolute Gasteiger partial charge is 0.261 e. The minimum absolute atomic E-state index is 0.365. The van der Waals surface area contributed by atoms with Crippen LogP contribution in [-0.2, 0) is 4.79 Å². The van der Waals surface area contributed by atoms with Crippen molar-refractivity contribution in [1.29, 1.82) is 0 Å². The fourth-order valence-electron chi connectivity index (χ4n) is 4.82. The molecule has 7 rings (SSSR count). The van der Waals surface area contributed by atoms with Crippen molar-refractivity contribution in [1.82, 2.24) is 15.0 Å². The molecular formula is C32H20ClN5O2S2. The van der Waals surface area contributed by atoms with Gasteiger partial charge >= 0.3 is 0 Å². The summed E-state index contributed by atoms with van der Waals surface area (Å²) in [5.41, 5.74) is 3.21. The first-order chi connectivity index (χ1) is 20.5. The zero-order valence-corrected chi connectivity index (χ0v) is 24.2. The molecule has 0 radical (unpaired) electrons. The molecule has 0 saturated heterocycles. The fourth-order valence-corrected chi connectivity index (χ4v) is 6.90. The maximum atomic E-state index is 14.5. The Labute approximate surface area is 253 Å². The third-order valence-electron chi connectivity index (χ3n) is 6.79. The number of pyridine rings is 2. The summed E-state index contributed by atoms with van der Waals surface area (Å²) in [6.07, 6.45) is 3.33. The lowest BCUT2D eigenvalue weighted by atomic mass is 10.1. The van der Waals surface area contributed by atoms with Crippen LogP contribution < -0.4 is 10.2 Å². The number of anilines is 2. The fraction of sp³-hybridized carbons (Fsp3) is 0.0312. The van der Waals surface area contributed by atoms with Crippen molar-refractivity contribution in [2.75, 3.05) is 10.2 Å². The monoisotopic (exact) mass is 605 g/mol. The summed E-state index contributed by atoms with van der Waals surface area (Å²) in [7, 11) is 0. The maximum absolute atomic E-state index is 14.5. The lowest BCUT2D eigenvalue weighted by Gasteiger charge is -2.28. The molecule has 4 heterocycles. The molecule has 0 spiro atoms. The van der Waals surface area contributed by atoms with E-state index in [1.807, 2.05) is 72.1 Å². The van der Waals surface area contributed by atoms with Crippen LogP contribution in [0.25, 0.3) is 32.0 Å². The third-order valence-corrected chi connectivity index (χ3v) is 8.97. The highest BCUT2D eigenvalue weighted by Gasteiger charge is 2.36. The van der Waals surface area contributed by atoms with Gasteiger partial charge in [-0.3, -0.25) is 24.5 Å². The van der Waals surface area contributed by atoms with E-state index in [-0.39, 0.29) is 11.8 Å². The van der Waals surface area contributed by atoms with Gasteiger partial charge in [-0.1, -0.05) is 53.3 Å². The van der Waals surface area contributed by atoms with Crippen molar-refractivity contribution in [3.8, 4) is 0 Å². The highest BCUT2D eigenvalue weighted by atomic mass is 35.5. The van der Waals surface area contributed by atoms with Crippen LogP contribution in [0.4, 0.5) is 10.8 Å². The predicted molar refractivity (Wildman–Crippen MR) is 171 cm³/mol. The first-order valence-corrected chi connectivity index (χ1v) is 15.0. The minimum Gasteiger partial charge on any atom is -0.323 e. The predicted octanol–water partition coefficient (Wildman–Crippen LogP) is 8.13. The van der Waals surface area contributed by atoms with Gasteiger partial charge in [0.1, 0.15) is 0 Å². The van der Waals surface area contributed by atoms with Gasteiger partial charge in [0.2, 0.25) is 0 Å². The summed E-state index contributed by atoms with van der Waals surface area (Å²) in [6, 6.07) is 26.7. The van der Waals surface area contributed by atoms with Gasteiger partial charge in [-0.2, -0.15) is 0 Å². The van der Waals surface area contributed by atoms with Crippen molar-refractivity contribution in [2.24, 2.45) is 0 Å². The summed E-state index contributed by atoms with van der Waals surface area (Å²) in [6.45, 7) is 0. The number of nitrogens with one attached hydrogen (secondary N) is 1. The number of nitrogens with zero attached hydrogens (tertiary/aromatic N) is 4. The van der Waals surface area contributed by atoms with Crippen LogP contribution in [0.5, 0.6) is 0 Å². The minimum atomic E-state index is -1.01. The van der Waals surface area contributed by atoms with Crippen LogP contribution in [-0.4, -0.2) is 26.8 Å². The molecule has 0 saturated carbocycles. The van der Waals surface area contributed by atoms with Gasteiger partial charge < -0.3 is 5.32 Å². The molecule has 0 aliphatic carbocycles. The Balaban J connectivity index is 1.36. The molecule has 1 unspecified atom stereocenters. The molecule has 0 aliphatic heterocycles. The molecule has 4 aromatic heterocycles. The molecule has 7 nitrogen and oxygen atoms in total. The number of fused-ring (bicyclic) bond motifs is 3. The molecule has 1 N–H and O–H groups in total. The highest BCUT2D eigenvalue weighted by molar-refractivity contribution is 7.22. The van der Waals surface area contributed by atoms with Crippen molar-refractivity contribution in [3.63, 3.8) is 0 Å². The molecule has 10 heteroatoms. The third kappa shape index (κ3) is 4.98. The summed E-state index contributed by atoms with van der Waals surface area (Å²) in [4.78, 5) is 44.5. The van der Waals surface area contributed by atoms with E-state index < -0.39 is 6.04 Å². The van der Waals surface area contributed by atoms with E-state index in [9.17, 15) is 9.59 Å². The number of halogens is 1. The molecule has 0 bridgehead atoms. The molecule has 3 aromatic carbocycles. The van der Waals surface area contributed by atoms with Crippen LogP contribution in [0.1, 0.15) is 21.3 Å². The number of hydrogen-bond donors (Lipinski definition) is 1. The quantitative estimate of drug-likeness (QED) is 0.207. The van der Waals surface area contributed by atoms with E-state index in [4.69, 9.17) is 16.6 Å². The van der Waals surface area contributed by atoms with E-state index in [1.54, 1.807) is 36.7 Å². The normalized spacial score (nSPS) is 12.0. The lowest BCUT2D eigenvalue weighted by Crippen LogP contribution is -2.41. The van der Waals surface area contributed by atoms with Gasteiger partial charge in [-0.25, -0.2) is 4.98 Å². The zero-order valence-electron chi connectivity index (χ0n) is 21.8. The Morgan fingerprint density at radius 2 is 1.64 bits per heavy atom. The number of benzene rings is 3. The van der Waals surface area contributed by atoms with Gasteiger partial charge in [0.15, 0.2) is 11.2 Å². The summed E-state index contributed by atoms with van der Waals surface area (Å²) < 4.78 is 0.807. The van der Waals surface area contributed by atoms with Gasteiger partial charge in [0.05, 0.1) is 33.1 Å². The Morgan fingerprint density at radius 1 is 0.833 bits per heavy atom. The molecule has 204 valence electrons. The number of carbonyl (C=O) groups excluding carboxylic acids is 2. The molecule has 1 atom stereocenters. The summed E-state index contributed by atoms with van der Waals surface area (Å²) in [5, 5.41) is 7.55. The zero-order chi connectivity index (χ0) is 28.6. The van der Waals surface area contributed by atoms with Gasteiger partial charge in [0.25, 0.3) is 11.8 Å². The van der Waals surface area contributed by atoms with Crippen molar-refractivity contribution in [2.45, 2.75) is 6.04 Å². The first kappa shape index (κ1) is 26.2. The van der Waals surface area contributed by atoms with E-state index in [2.05, 4.69) is 15.3 Å². The van der Waals surface area contributed by atoms with Crippen LogP contribution in [0.2, 0.25) is 5.02 Å². The summed E-state index contributed by atoms with van der Waals surface area (Å²) in [5.74, 6) is -0.751. The standard InChI is InChI=1S/C32H20ClN5O2S2/c33-22-10-12-26-28(17-22)42-32(37-26)38(31(40)21-9-11-25-19(15-21)6-3-13-34-25)29(27-8-4-14-41-27)30(39)36-23-16-20-5-1-2-7-24(20)35-18-23/h1-18,29H,(H,36,39). The first-order valence-electron chi connectivity index (χ1n) is 13.0. The largest absolute Gasteiger partial charge is 0.323 e. The van der Waals surface area contributed by atoms with Crippen LogP contribution in [0.15, 0.2) is 109 Å². The van der Waals surface area contributed by atoms with Crippen molar-refractivity contribution < 1.29 is 9.59 Å². The van der Waals surface area contributed by atoms with Gasteiger partial charge in [-0.15, -0.1) is 11.3 Å². The number of para-hydroxylation sites is 1. The molecule has 0 fully saturated rings. The number of hydrogen-bond acceptors (Lipinski definition) is 7. The molecule has 42 heavy (non-hydrogen) atoms. The number of thiazole rings is 1. The second-order valence-electron chi connectivity index (χ2n) is 9.52. The van der Waals surface area contributed by atoms with Gasteiger partial charge in [-0.05, 0) is 66.0 Å². The van der Waals surface area contributed by atoms with E-state index >= 15 is 0 Å². The average Bonchev–Trinajstić information content (AvgIpc) is 3.69. The number of thiophene rings is 1. The average molecular weight is 606 g/mol. The Morgan fingerprint density at radius 3 is 2.52 bits per heavy atom.